The van der Waals surface area contributed by atoms with E-state index in [-0.39, 0.29) is 11.2 Å². The van der Waals surface area contributed by atoms with Crippen LogP contribution in [0.15, 0.2) is 36.4 Å². The van der Waals surface area contributed by atoms with Crippen LogP contribution >= 0.6 is 0 Å². The molecule has 1 aliphatic carbocycles. The van der Waals surface area contributed by atoms with Crippen molar-refractivity contribution in [3.05, 3.63) is 58.7 Å². The second kappa shape index (κ2) is 5.96. The van der Waals surface area contributed by atoms with Crippen molar-refractivity contribution in [2.24, 2.45) is 0 Å². The van der Waals surface area contributed by atoms with Crippen LogP contribution in [0, 0.1) is 11.3 Å². The fourth-order valence-corrected chi connectivity index (χ4v) is 3.90. The fourth-order valence-electron chi connectivity index (χ4n) is 3.90. The summed E-state index contributed by atoms with van der Waals surface area (Å²) in [6.45, 7) is 2.17. The Bertz CT molecular complexity index is 776. The zero-order valence-electron chi connectivity index (χ0n) is 13.3. The second-order valence-electron chi connectivity index (χ2n) is 6.46. The Kier molecular flexibility index (Phi) is 4.00. The maximum Gasteiger partial charge on any atom is 0.116 e. The number of phenols is 2. The Hall–Kier alpha value is -2.47. The minimum Gasteiger partial charge on any atom is -0.508 e. The first-order chi connectivity index (χ1) is 11.1. The molecule has 3 rings (SSSR count). The van der Waals surface area contributed by atoms with E-state index in [0.29, 0.717) is 11.3 Å². The lowest BCUT2D eigenvalue weighted by atomic mass is 9.70. The third kappa shape index (κ3) is 2.77. The standard InChI is InChI=1S/C20H21NO2/c1-2-20(19-8-7-18(23)11-16(19)13-21)9-3-4-14-10-17(22)6-5-15(14)12-20/h5-8,10-11,22-23H,2-4,9,12H2,1H3. The minimum atomic E-state index is -0.0962. The number of nitrogens with zero attached hydrogens (tertiary/aromatic N) is 1. The van der Waals surface area contributed by atoms with Gasteiger partial charge in [0.25, 0.3) is 0 Å². The molecule has 1 atom stereocenters. The highest BCUT2D eigenvalue weighted by Crippen LogP contribution is 2.42. The monoisotopic (exact) mass is 307 g/mol. The molecule has 23 heavy (non-hydrogen) atoms. The molecule has 3 heteroatoms. The molecular weight excluding hydrogens is 286 g/mol. The molecule has 118 valence electrons. The lowest BCUT2D eigenvalue weighted by Gasteiger charge is -2.33. The highest BCUT2D eigenvalue weighted by molar-refractivity contribution is 5.48. The summed E-state index contributed by atoms with van der Waals surface area (Å²) in [5, 5.41) is 28.9. The van der Waals surface area contributed by atoms with Gasteiger partial charge in [-0.05, 0) is 73.1 Å². The van der Waals surface area contributed by atoms with Crippen LogP contribution < -0.4 is 0 Å². The van der Waals surface area contributed by atoms with Gasteiger partial charge in [-0.1, -0.05) is 19.1 Å². The second-order valence-corrected chi connectivity index (χ2v) is 6.46. The lowest BCUT2D eigenvalue weighted by molar-refractivity contribution is 0.373. The molecule has 2 aromatic carbocycles. The van der Waals surface area contributed by atoms with E-state index in [1.807, 2.05) is 18.2 Å². The van der Waals surface area contributed by atoms with Gasteiger partial charge in [0.2, 0.25) is 0 Å². The molecule has 0 radical (unpaired) electrons. The first-order valence-electron chi connectivity index (χ1n) is 8.12. The normalized spacial score (nSPS) is 20.3. The number of phenolic OH excluding ortho intramolecular Hbond substituents is 2. The van der Waals surface area contributed by atoms with E-state index in [0.717, 1.165) is 37.7 Å². The van der Waals surface area contributed by atoms with Crippen molar-refractivity contribution in [2.45, 2.75) is 44.4 Å². The summed E-state index contributed by atoms with van der Waals surface area (Å²) in [6, 6.07) is 13.0. The van der Waals surface area contributed by atoms with Crippen molar-refractivity contribution in [1.29, 1.82) is 5.26 Å². The Balaban J connectivity index is 2.11. The molecule has 0 saturated carbocycles. The predicted octanol–water partition coefficient (Wildman–Crippen LogP) is 4.20. The molecule has 0 fully saturated rings. The lowest BCUT2D eigenvalue weighted by Crippen LogP contribution is -2.28. The maximum atomic E-state index is 9.73. The Morgan fingerprint density at radius 3 is 2.57 bits per heavy atom. The third-order valence-electron chi connectivity index (χ3n) is 5.19. The van der Waals surface area contributed by atoms with Gasteiger partial charge >= 0.3 is 0 Å². The quantitative estimate of drug-likeness (QED) is 0.817. The number of rotatable bonds is 2. The summed E-state index contributed by atoms with van der Waals surface area (Å²) in [6.07, 6.45) is 4.77. The SMILES string of the molecule is CCC1(c2ccc(O)cc2C#N)CCCc2cc(O)ccc2C1. The fraction of sp³-hybridized carbons (Fsp3) is 0.350. The first kappa shape index (κ1) is 15.4. The molecular formula is C20H21NO2. The van der Waals surface area contributed by atoms with Crippen molar-refractivity contribution in [3.8, 4) is 17.6 Å². The van der Waals surface area contributed by atoms with Crippen LogP contribution in [0.2, 0.25) is 0 Å². The van der Waals surface area contributed by atoms with E-state index in [2.05, 4.69) is 13.0 Å². The summed E-state index contributed by atoms with van der Waals surface area (Å²) in [4.78, 5) is 0. The van der Waals surface area contributed by atoms with Crippen molar-refractivity contribution >= 4 is 0 Å². The molecule has 0 amide bonds. The Labute approximate surface area is 136 Å². The average molecular weight is 307 g/mol. The number of benzene rings is 2. The summed E-state index contributed by atoms with van der Waals surface area (Å²) in [7, 11) is 0. The Morgan fingerprint density at radius 2 is 1.83 bits per heavy atom. The highest BCUT2D eigenvalue weighted by atomic mass is 16.3. The topological polar surface area (TPSA) is 64.2 Å². The summed E-state index contributed by atoms with van der Waals surface area (Å²) in [5.74, 6) is 0.450. The van der Waals surface area contributed by atoms with Gasteiger partial charge in [-0.3, -0.25) is 0 Å². The Morgan fingerprint density at radius 1 is 1.09 bits per heavy atom. The summed E-state index contributed by atoms with van der Waals surface area (Å²) in [5.41, 5.74) is 3.95. The molecule has 3 nitrogen and oxygen atoms in total. The number of fused-ring (bicyclic) bond motifs is 1. The molecule has 2 aromatic rings. The van der Waals surface area contributed by atoms with Gasteiger partial charge < -0.3 is 10.2 Å². The largest absolute Gasteiger partial charge is 0.508 e. The van der Waals surface area contributed by atoms with E-state index in [9.17, 15) is 15.5 Å². The van der Waals surface area contributed by atoms with Crippen molar-refractivity contribution < 1.29 is 10.2 Å². The van der Waals surface area contributed by atoms with Crippen LogP contribution in [0.3, 0.4) is 0 Å². The molecule has 0 aromatic heterocycles. The van der Waals surface area contributed by atoms with Gasteiger partial charge in [-0.25, -0.2) is 0 Å². The van der Waals surface area contributed by atoms with Gasteiger partial charge in [0.1, 0.15) is 11.5 Å². The van der Waals surface area contributed by atoms with Crippen LogP contribution in [0.4, 0.5) is 0 Å². The first-order valence-corrected chi connectivity index (χ1v) is 8.12. The smallest absolute Gasteiger partial charge is 0.116 e. The van der Waals surface area contributed by atoms with E-state index < -0.39 is 0 Å². The van der Waals surface area contributed by atoms with E-state index in [4.69, 9.17) is 0 Å². The van der Waals surface area contributed by atoms with Gasteiger partial charge in [0.15, 0.2) is 0 Å². The number of hydrogen-bond donors (Lipinski definition) is 2. The third-order valence-corrected chi connectivity index (χ3v) is 5.19. The van der Waals surface area contributed by atoms with E-state index >= 15 is 0 Å². The van der Waals surface area contributed by atoms with Gasteiger partial charge in [0.05, 0.1) is 11.6 Å². The number of hydrogen-bond acceptors (Lipinski definition) is 3. The molecule has 0 aliphatic heterocycles. The van der Waals surface area contributed by atoms with Gasteiger partial charge in [-0.15, -0.1) is 0 Å². The molecule has 1 aliphatic rings. The summed E-state index contributed by atoms with van der Waals surface area (Å²) < 4.78 is 0. The molecule has 1 unspecified atom stereocenters. The van der Waals surface area contributed by atoms with Crippen molar-refractivity contribution in [2.75, 3.05) is 0 Å². The molecule has 0 saturated heterocycles. The minimum absolute atomic E-state index is 0.0962. The molecule has 0 bridgehead atoms. The van der Waals surface area contributed by atoms with Crippen molar-refractivity contribution in [1.82, 2.24) is 0 Å². The molecule has 0 heterocycles. The summed E-state index contributed by atoms with van der Waals surface area (Å²) >= 11 is 0. The number of aryl methyl sites for hydroxylation is 1. The van der Waals surface area contributed by atoms with Crippen molar-refractivity contribution in [3.63, 3.8) is 0 Å². The number of nitriles is 1. The molecule has 2 N–H and O–H groups in total. The van der Waals surface area contributed by atoms with Crippen LogP contribution in [-0.4, -0.2) is 10.2 Å². The van der Waals surface area contributed by atoms with Crippen LogP contribution in [-0.2, 0) is 18.3 Å². The van der Waals surface area contributed by atoms with Crippen LogP contribution in [0.1, 0.15) is 48.4 Å². The van der Waals surface area contributed by atoms with Crippen LogP contribution in [0.25, 0.3) is 0 Å². The zero-order valence-corrected chi connectivity index (χ0v) is 13.3. The average Bonchev–Trinajstić information content (AvgIpc) is 2.74. The molecule has 0 spiro atoms. The van der Waals surface area contributed by atoms with E-state index in [1.54, 1.807) is 18.2 Å². The van der Waals surface area contributed by atoms with Gasteiger partial charge in [-0.2, -0.15) is 5.26 Å². The number of aromatic hydroxyl groups is 2. The maximum absolute atomic E-state index is 9.73. The zero-order chi connectivity index (χ0) is 16.4. The van der Waals surface area contributed by atoms with Crippen LogP contribution in [0.5, 0.6) is 11.5 Å². The predicted molar refractivity (Wildman–Crippen MR) is 89.5 cm³/mol. The van der Waals surface area contributed by atoms with E-state index in [1.165, 1.54) is 11.1 Å². The highest BCUT2D eigenvalue weighted by Gasteiger charge is 2.35. The van der Waals surface area contributed by atoms with Gasteiger partial charge in [0, 0.05) is 5.41 Å².